The van der Waals surface area contributed by atoms with Gasteiger partial charge >= 0.3 is 0 Å². The first-order valence-corrected chi connectivity index (χ1v) is 18.3. The maximum absolute atomic E-state index is 9.38. The molecule has 0 spiro atoms. The molecule has 0 saturated carbocycles. The van der Waals surface area contributed by atoms with Crippen molar-refractivity contribution in [1.29, 1.82) is 0 Å². The number of phenols is 1. The van der Waals surface area contributed by atoms with E-state index in [1.54, 1.807) is 74.1 Å². The van der Waals surface area contributed by atoms with Gasteiger partial charge in [0, 0.05) is 96.4 Å². The molecular weight excluding hydrogens is 727 g/mol. The van der Waals surface area contributed by atoms with Gasteiger partial charge in [-0.05, 0) is 97.9 Å². The number of fused-ring (bicyclic) bond motifs is 4. The van der Waals surface area contributed by atoms with E-state index in [-0.39, 0.29) is 5.75 Å². The summed E-state index contributed by atoms with van der Waals surface area (Å²) in [5.41, 5.74) is 32.8. The molecule has 9 rings (SSSR count). The number of nitrogen functional groups attached to an aromatic ring is 2. The fourth-order valence-electron chi connectivity index (χ4n) is 4.81. The number of phenolic OH excluding ortho intramolecular Hbond substituents is 1. The van der Waals surface area contributed by atoms with Crippen LogP contribution in [-0.2, 0) is 6.42 Å². The predicted molar refractivity (Wildman–Crippen MR) is 237 cm³/mol. The zero-order valence-electron chi connectivity index (χ0n) is 32.7. The van der Waals surface area contributed by atoms with Crippen molar-refractivity contribution in [2.24, 2.45) is 17.2 Å². The smallest absolute Gasteiger partial charge is 0.141 e. The lowest BCUT2D eigenvalue weighted by molar-refractivity contribution is 0.480. The molecule has 0 unspecified atom stereocenters. The van der Waals surface area contributed by atoms with Gasteiger partial charge in [0.1, 0.15) is 11.3 Å². The van der Waals surface area contributed by atoms with E-state index in [9.17, 15) is 5.11 Å². The van der Waals surface area contributed by atoms with Crippen molar-refractivity contribution in [3.63, 3.8) is 0 Å². The Bertz CT molecular complexity index is 2330. The highest BCUT2D eigenvalue weighted by Gasteiger charge is 2.05. The Morgan fingerprint density at radius 3 is 1.67 bits per heavy atom. The lowest BCUT2D eigenvalue weighted by Gasteiger charge is -2.04. The molecular formula is C44H51N13O. The van der Waals surface area contributed by atoms with Gasteiger partial charge in [-0.15, -0.1) is 0 Å². The lowest BCUT2D eigenvalue weighted by Crippen LogP contribution is -2.11. The summed E-state index contributed by atoms with van der Waals surface area (Å²) in [5.74, 6) is 0.166. The Morgan fingerprint density at radius 1 is 0.552 bits per heavy atom. The van der Waals surface area contributed by atoms with Crippen LogP contribution in [0.4, 0.5) is 11.4 Å². The average Bonchev–Trinajstić information content (AvgIpc) is 3.91. The minimum atomic E-state index is 0.166. The van der Waals surface area contributed by atoms with Crippen molar-refractivity contribution in [2.45, 2.75) is 13.3 Å². The van der Waals surface area contributed by atoms with E-state index < -0.39 is 0 Å². The molecule has 0 aliphatic heterocycles. The van der Waals surface area contributed by atoms with Crippen LogP contribution in [0.25, 0.3) is 44.1 Å². The topological polar surface area (TPSA) is 256 Å². The van der Waals surface area contributed by atoms with E-state index in [2.05, 4.69) is 58.6 Å². The number of hydrogen-bond donors (Lipinski definition) is 7. The van der Waals surface area contributed by atoms with E-state index in [1.807, 2.05) is 85.1 Å². The molecule has 14 nitrogen and oxygen atoms in total. The fourth-order valence-corrected chi connectivity index (χ4v) is 4.81. The molecule has 0 saturated heterocycles. The molecule has 0 atom stereocenters. The van der Waals surface area contributed by atoms with Gasteiger partial charge < -0.3 is 38.8 Å². The summed E-state index contributed by atoms with van der Waals surface area (Å²) in [7, 11) is 1.50. The molecule has 9 aromatic rings. The number of nitrogens with one attached hydrogen (secondary N) is 1. The maximum atomic E-state index is 9.38. The number of H-pyrrole nitrogens is 1. The summed E-state index contributed by atoms with van der Waals surface area (Å²) < 4.78 is 0. The third-order valence-corrected chi connectivity index (χ3v) is 7.57. The number of rotatable bonds is 3. The van der Waals surface area contributed by atoms with Crippen LogP contribution in [0.2, 0.25) is 0 Å². The second-order valence-corrected chi connectivity index (χ2v) is 11.5. The summed E-state index contributed by atoms with van der Waals surface area (Å²) in [4.78, 5) is 31.5. The fraction of sp³-hybridized carbons (Fsp3) is 0.114. The third-order valence-electron chi connectivity index (χ3n) is 7.57. The minimum Gasteiger partial charge on any atom is -0.506 e. The van der Waals surface area contributed by atoms with E-state index in [0.717, 1.165) is 50.7 Å². The second-order valence-electron chi connectivity index (χ2n) is 11.5. The number of imidazole rings is 1. The van der Waals surface area contributed by atoms with E-state index >= 15 is 0 Å². The van der Waals surface area contributed by atoms with Crippen molar-refractivity contribution in [1.82, 2.24) is 39.9 Å². The second kappa shape index (κ2) is 26.4. The number of anilines is 2. The average molecular weight is 778 g/mol. The van der Waals surface area contributed by atoms with Crippen molar-refractivity contribution in [3.05, 3.63) is 171 Å². The number of nitrogens with zero attached hydrogens (tertiary/aromatic N) is 7. The molecule has 12 N–H and O–H groups in total. The first-order valence-electron chi connectivity index (χ1n) is 18.3. The Hall–Kier alpha value is -7.39. The van der Waals surface area contributed by atoms with Crippen LogP contribution in [0, 0.1) is 0 Å². The zero-order chi connectivity index (χ0) is 41.8. The Morgan fingerprint density at radius 2 is 1.17 bits per heavy atom. The van der Waals surface area contributed by atoms with Crippen molar-refractivity contribution < 1.29 is 5.11 Å². The summed E-state index contributed by atoms with van der Waals surface area (Å²) in [6.45, 7) is 3.32. The van der Waals surface area contributed by atoms with Gasteiger partial charge in [0.2, 0.25) is 0 Å². The van der Waals surface area contributed by atoms with E-state index in [0.29, 0.717) is 24.3 Å². The maximum Gasteiger partial charge on any atom is 0.141 e. The molecule has 2 aromatic carbocycles. The Labute approximate surface area is 338 Å². The quantitative estimate of drug-likeness (QED) is 0.0570. The number of nitrogens with two attached hydrogens (primary N) is 5. The van der Waals surface area contributed by atoms with Crippen LogP contribution in [-0.4, -0.2) is 65.1 Å². The highest BCUT2D eigenvalue weighted by atomic mass is 16.3. The monoisotopic (exact) mass is 777 g/mol. The first-order chi connectivity index (χ1) is 28.5. The number of hydrogen-bond acceptors (Lipinski definition) is 13. The van der Waals surface area contributed by atoms with Crippen LogP contribution in [0.15, 0.2) is 165 Å². The van der Waals surface area contributed by atoms with Gasteiger partial charge in [0.25, 0.3) is 0 Å². The summed E-state index contributed by atoms with van der Waals surface area (Å²) in [6.07, 6.45) is 18.5. The third kappa shape index (κ3) is 14.7. The van der Waals surface area contributed by atoms with Crippen LogP contribution < -0.4 is 28.7 Å². The number of benzene rings is 2. The van der Waals surface area contributed by atoms with Crippen molar-refractivity contribution in [2.75, 3.05) is 31.6 Å². The van der Waals surface area contributed by atoms with Crippen molar-refractivity contribution in [3.8, 4) is 17.1 Å². The minimum absolute atomic E-state index is 0.166. The standard InChI is InChI=1S/C12H9N3.C12H12N2.C9H8N2O.C5H5N.C3H4N2.C2H8N2.CH5N/c13-10-7-8-3-1-5-14-11(8)12-9(10)4-2-6-15-12;1-2-10-6-7-12(14-9-10)11-5-3-4-8-13-11;10-7-3-4-8(12)9-6(7)2-1-5-11-9;1-2-4-6-5-3-1;1-2-5-3-4-1;3-1-2-4;1-2/h1-7H,13H2;3-9H,2H2,1H3;1-5,12H,10H2;1-5H;1-3H,(H,4,5);1-4H2;2H2,1H3. The molecule has 7 heterocycles. The van der Waals surface area contributed by atoms with Crippen LogP contribution in [0.3, 0.4) is 0 Å². The number of aromatic hydroxyl groups is 1. The Balaban J connectivity index is 0.000000195. The molecule has 58 heavy (non-hydrogen) atoms. The molecule has 298 valence electrons. The molecule has 0 amide bonds. The van der Waals surface area contributed by atoms with Gasteiger partial charge in [0.05, 0.1) is 28.7 Å². The summed E-state index contributed by atoms with van der Waals surface area (Å²) in [6, 6.07) is 32.2. The normalized spacial score (nSPS) is 9.53. The number of aromatic amines is 1. The summed E-state index contributed by atoms with van der Waals surface area (Å²) >= 11 is 0. The van der Waals surface area contributed by atoms with Crippen molar-refractivity contribution >= 4 is 44.1 Å². The summed E-state index contributed by atoms with van der Waals surface area (Å²) in [5, 5.41) is 12.2. The molecule has 0 aliphatic rings. The zero-order valence-corrected chi connectivity index (χ0v) is 32.7. The van der Waals surface area contributed by atoms with Crippen LogP contribution in [0.1, 0.15) is 12.5 Å². The molecule has 0 aliphatic carbocycles. The van der Waals surface area contributed by atoms with Gasteiger partial charge in [0.15, 0.2) is 0 Å². The first kappa shape index (κ1) is 45.0. The largest absolute Gasteiger partial charge is 0.506 e. The predicted octanol–water partition coefficient (Wildman–Crippen LogP) is 6.56. The van der Waals surface area contributed by atoms with Gasteiger partial charge in [-0.3, -0.25) is 29.9 Å². The Kier molecular flexibility index (Phi) is 20.5. The highest BCUT2D eigenvalue weighted by Crippen LogP contribution is 2.27. The van der Waals surface area contributed by atoms with Crippen LogP contribution >= 0.6 is 0 Å². The van der Waals surface area contributed by atoms with Crippen LogP contribution in [0.5, 0.6) is 5.75 Å². The highest BCUT2D eigenvalue weighted by molar-refractivity contribution is 6.08. The molecule has 14 heteroatoms. The van der Waals surface area contributed by atoms with Gasteiger partial charge in [-0.25, -0.2) is 4.98 Å². The van der Waals surface area contributed by atoms with E-state index in [4.69, 9.17) is 22.9 Å². The lowest BCUT2D eigenvalue weighted by atomic mass is 10.1. The van der Waals surface area contributed by atoms with Gasteiger partial charge in [-0.1, -0.05) is 31.2 Å². The molecule has 0 radical (unpaired) electrons. The number of aryl methyl sites for hydroxylation is 1. The number of aromatic nitrogens is 8. The van der Waals surface area contributed by atoms with E-state index in [1.165, 1.54) is 12.6 Å². The molecule has 7 aromatic heterocycles. The molecule has 0 fully saturated rings. The van der Waals surface area contributed by atoms with Gasteiger partial charge in [-0.2, -0.15) is 0 Å². The molecule has 0 bridgehead atoms. The SMILES string of the molecule is CCc1ccc(-c2ccccn2)nc1.CN.NCCN.Nc1cc2cccnc2c2ncccc12.Nc1ccc(O)c2ncccc12.c1c[nH]cn1.c1ccncc1. The number of pyridine rings is 6.